The maximum absolute atomic E-state index is 14.3. The van der Waals surface area contributed by atoms with Crippen molar-refractivity contribution >= 4 is 34.5 Å². The molecule has 2 N–H and O–H groups in total. The van der Waals surface area contributed by atoms with Gasteiger partial charge in [0.15, 0.2) is 0 Å². The minimum Gasteiger partial charge on any atom is -0.478 e. The zero-order chi connectivity index (χ0) is 32.3. The first-order valence-corrected chi connectivity index (χ1v) is 15.2. The minimum absolute atomic E-state index is 0.0222. The molecule has 0 bridgehead atoms. The van der Waals surface area contributed by atoms with Crippen molar-refractivity contribution in [2.24, 2.45) is 10.8 Å². The van der Waals surface area contributed by atoms with Crippen LogP contribution < -0.4 is 0 Å². The van der Waals surface area contributed by atoms with Crippen LogP contribution in [0.3, 0.4) is 0 Å². The van der Waals surface area contributed by atoms with Crippen LogP contribution in [0.15, 0.2) is 84.5 Å². The molecule has 1 aliphatic heterocycles. The molecule has 0 spiro atoms. The lowest BCUT2D eigenvalue weighted by molar-refractivity contribution is 0.0678. The van der Waals surface area contributed by atoms with Gasteiger partial charge < -0.3 is 19.7 Å². The Morgan fingerprint density at radius 1 is 0.867 bits per heavy atom. The smallest absolute Gasteiger partial charge is 0.335 e. The van der Waals surface area contributed by atoms with E-state index in [0.717, 1.165) is 23.1 Å². The first kappa shape index (κ1) is 30.1. The van der Waals surface area contributed by atoms with Crippen LogP contribution in [0.25, 0.3) is 28.0 Å². The Labute approximate surface area is 262 Å². The van der Waals surface area contributed by atoms with Crippen molar-refractivity contribution in [2.45, 2.75) is 47.1 Å². The number of imidazole rings is 1. The summed E-state index contributed by atoms with van der Waals surface area (Å²) in [5.41, 5.74) is 5.95. The van der Waals surface area contributed by atoms with Crippen LogP contribution >= 0.6 is 0 Å². The average molecular weight is 604 g/mol. The largest absolute Gasteiger partial charge is 0.478 e. The van der Waals surface area contributed by atoms with Gasteiger partial charge in [-0.1, -0.05) is 68.8 Å². The molecule has 1 atom stereocenters. The standard InChI is InChI=1S/C37H37N3O5/c1-22(2)40-30-15-14-25(35(44)45)20-29(30)38-32(40)26-8-6-7-9-27(26)33(41)39-19-17-31-36(3,4)28(16-18-37(31,5)21-39)23-10-12-24(13-11-23)34(42)43/h6-17,20,22H,18-19,21H2,1-5H3,(H,42,43)(H,44,45)/t37-/m1/s1. The molecule has 0 radical (unpaired) electrons. The second-order valence-corrected chi connectivity index (χ2v) is 13.1. The highest BCUT2D eigenvalue weighted by Crippen LogP contribution is 2.55. The van der Waals surface area contributed by atoms with Crippen molar-refractivity contribution in [3.05, 3.63) is 107 Å². The molecule has 8 nitrogen and oxygen atoms in total. The summed E-state index contributed by atoms with van der Waals surface area (Å²) >= 11 is 0. The number of nitrogens with zero attached hydrogens (tertiary/aromatic N) is 3. The number of benzene rings is 3. The second-order valence-electron chi connectivity index (χ2n) is 13.1. The van der Waals surface area contributed by atoms with E-state index >= 15 is 0 Å². The molecular weight excluding hydrogens is 566 g/mol. The van der Waals surface area contributed by atoms with E-state index in [0.29, 0.717) is 35.6 Å². The molecule has 2 aliphatic rings. The number of fused-ring (bicyclic) bond motifs is 2. The third-order valence-electron chi connectivity index (χ3n) is 9.39. The number of rotatable bonds is 6. The fraction of sp³-hybridized carbons (Fsp3) is 0.297. The van der Waals surface area contributed by atoms with Crippen LogP contribution in [0.1, 0.15) is 83.7 Å². The molecule has 0 unspecified atom stereocenters. The number of aromatic carboxylic acids is 2. The molecule has 4 aromatic rings. The zero-order valence-electron chi connectivity index (χ0n) is 26.2. The molecule has 2 heterocycles. The van der Waals surface area contributed by atoms with Crippen molar-refractivity contribution in [3.8, 4) is 11.4 Å². The number of carbonyl (C=O) groups is 3. The third kappa shape index (κ3) is 5.04. The number of hydrogen-bond acceptors (Lipinski definition) is 4. The van der Waals surface area contributed by atoms with Crippen LogP contribution in [-0.2, 0) is 0 Å². The molecule has 8 heteroatoms. The maximum Gasteiger partial charge on any atom is 0.335 e. The number of hydrogen-bond donors (Lipinski definition) is 2. The van der Waals surface area contributed by atoms with Gasteiger partial charge in [0.2, 0.25) is 0 Å². The highest BCUT2D eigenvalue weighted by Gasteiger charge is 2.46. The van der Waals surface area contributed by atoms with Crippen LogP contribution in [0.2, 0.25) is 0 Å². The van der Waals surface area contributed by atoms with Gasteiger partial charge >= 0.3 is 11.9 Å². The van der Waals surface area contributed by atoms with Gasteiger partial charge in [0.25, 0.3) is 5.91 Å². The number of amides is 1. The van der Waals surface area contributed by atoms with Gasteiger partial charge in [-0.15, -0.1) is 0 Å². The van der Waals surface area contributed by atoms with E-state index in [-0.39, 0.29) is 33.9 Å². The molecule has 1 aromatic heterocycles. The van der Waals surface area contributed by atoms with Gasteiger partial charge in [-0.3, -0.25) is 4.79 Å². The summed E-state index contributed by atoms with van der Waals surface area (Å²) in [6.45, 7) is 11.7. The molecule has 3 aromatic carbocycles. The van der Waals surface area contributed by atoms with Crippen molar-refractivity contribution in [1.82, 2.24) is 14.5 Å². The molecule has 1 amide bonds. The van der Waals surface area contributed by atoms with E-state index in [1.807, 2.05) is 55.1 Å². The molecule has 1 aliphatic carbocycles. The van der Waals surface area contributed by atoms with Gasteiger partial charge in [0.05, 0.1) is 27.7 Å². The molecule has 230 valence electrons. The lowest BCUT2D eigenvalue weighted by atomic mass is 9.58. The van der Waals surface area contributed by atoms with E-state index in [1.54, 1.807) is 30.3 Å². The quantitative estimate of drug-likeness (QED) is 0.220. The monoisotopic (exact) mass is 603 g/mol. The van der Waals surface area contributed by atoms with Crippen molar-refractivity contribution in [2.75, 3.05) is 13.1 Å². The van der Waals surface area contributed by atoms with Gasteiger partial charge in [-0.05, 0) is 67.8 Å². The first-order chi connectivity index (χ1) is 21.3. The Bertz CT molecular complexity index is 1930. The van der Waals surface area contributed by atoms with Gasteiger partial charge in [0.1, 0.15) is 5.82 Å². The molecule has 0 saturated carbocycles. The normalized spacial score (nSPS) is 19.2. The predicted octanol–water partition coefficient (Wildman–Crippen LogP) is 7.58. The summed E-state index contributed by atoms with van der Waals surface area (Å²) in [7, 11) is 0. The fourth-order valence-electron chi connectivity index (χ4n) is 7.34. The maximum atomic E-state index is 14.3. The summed E-state index contributed by atoms with van der Waals surface area (Å²) in [6, 6.07) is 19.5. The average Bonchev–Trinajstić information content (AvgIpc) is 3.39. The fourth-order valence-corrected chi connectivity index (χ4v) is 7.34. The van der Waals surface area contributed by atoms with Gasteiger partial charge in [0, 0.05) is 35.5 Å². The Morgan fingerprint density at radius 3 is 2.20 bits per heavy atom. The number of carbonyl (C=O) groups excluding carboxylic acids is 1. The molecule has 0 saturated heterocycles. The third-order valence-corrected chi connectivity index (χ3v) is 9.39. The summed E-state index contributed by atoms with van der Waals surface area (Å²) in [5, 5.41) is 18.9. The molecular formula is C37H37N3O5. The number of carboxylic acids is 2. The molecule has 45 heavy (non-hydrogen) atoms. The highest BCUT2D eigenvalue weighted by molar-refractivity contribution is 6.01. The zero-order valence-corrected chi connectivity index (χ0v) is 26.2. The van der Waals surface area contributed by atoms with Crippen LogP contribution in [0.5, 0.6) is 0 Å². The summed E-state index contributed by atoms with van der Waals surface area (Å²) < 4.78 is 2.06. The first-order valence-electron chi connectivity index (χ1n) is 15.2. The van der Waals surface area contributed by atoms with Crippen molar-refractivity contribution in [3.63, 3.8) is 0 Å². The van der Waals surface area contributed by atoms with E-state index in [2.05, 4.69) is 37.5 Å². The van der Waals surface area contributed by atoms with E-state index in [9.17, 15) is 24.6 Å². The van der Waals surface area contributed by atoms with E-state index in [4.69, 9.17) is 4.98 Å². The van der Waals surface area contributed by atoms with Gasteiger partial charge in [-0.25, -0.2) is 14.6 Å². The summed E-state index contributed by atoms with van der Waals surface area (Å²) in [5.74, 6) is -1.40. The Balaban J connectivity index is 1.34. The number of carboxylic acid groups (broad SMARTS) is 2. The molecule has 0 fully saturated rings. The summed E-state index contributed by atoms with van der Waals surface area (Å²) in [4.78, 5) is 44.1. The van der Waals surface area contributed by atoms with E-state index in [1.165, 1.54) is 5.57 Å². The predicted molar refractivity (Wildman–Crippen MR) is 174 cm³/mol. The minimum atomic E-state index is -1.01. The van der Waals surface area contributed by atoms with Crippen LogP contribution in [0, 0.1) is 10.8 Å². The number of allylic oxidation sites excluding steroid dienone is 2. The lowest BCUT2D eigenvalue weighted by Gasteiger charge is -2.50. The topological polar surface area (TPSA) is 113 Å². The highest BCUT2D eigenvalue weighted by atomic mass is 16.4. The number of aromatic nitrogens is 2. The summed E-state index contributed by atoms with van der Waals surface area (Å²) in [6.07, 6.45) is 5.18. The lowest BCUT2D eigenvalue weighted by Crippen LogP contribution is -2.48. The molecule has 6 rings (SSSR count). The van der Waals surface area contributed by atoms with Crippen LogP contribution in [0.4, 0.5) is 0 Å². The van der Waals surface area contributed by atoms with Crippen molar-refractivity contribution in [1.29, 1.82) is 0 Å². The second kappa shape index (κ2) is 10.9. The Morgan fingerprint density at radius 2 is 1.53 bits per heavy atom. The van der Waals surface area contributed by atoms with Crippen LogP contribution in [-0.4, -0.2) is 55.6 Å². The van der Waals surface area contributed by atoms with Gasteiger partial charge in [-0.2, -0.15) is 0 Å². The Kier molecular flexibility index (Phi) is 7.26. The Hall–Kier alpha value is -4.98. The SMILES string of the molecule is CC(C)n1c(-c2ccccc2C(=O)N2CC=C3C(C)(C)C(c4ccc(C(=O)O)cc4)=CC[C@]3(C)C2)nc2cc(C(=O)O)ccc21. The van der Waals surface area contributed by atoms with Crippen molar-refractivity contribution < 1.29 is 24.6 Å². The van der Waals surface area contributed by atoms with E-state index < -0.39 is 11.9 Å².